The Balaban J connectivity index is 1.66. The molecule has 5 nitrogen and oxygen atoms in total. The first kappa shape index (κ1) is 15.5. The highest BCUT2D eigenvalue weighted by atomic mass is 32.1. The average molecular weight is 362 g/mol. The molecule has 1 atom stereocenters. The van der Waals surface area contributed by atoms with Gasteiger partial charge in [-0.25, -0.2) is 4.68 Å². The van der Waals surface area contributed by atoms with E-state index in [1.165, 1.54) is 5.56 Å². The molecular weight excluding hydrogens is 344 g/mol. The highest BCUT2D eigenvalue weighted by Crippen LogP contribution is 2.41. The number of aryl methyl sites for hydroxylation is 1. The van der Waals surface area contributed by atoms with Crippen molar-refractivity contribution in [3.05, 3.63) is 63.5 Å². The predicted molar refractivity (Wildman–Crippen MR) is 102 cm³/mol. The maximum atomic E-state index is 12.7. The summed E-state index contributed by atoms with van der Waals surface area (Å²) in [6.07, 6.45) is 2.38. The van der Waals surface area contributed by atoms with Crippen molar-refractivity contribution >= 4 is 23.1 Å². The Hall–Kier alpha value is -2.73. The zero-order chi connectivity index (χ0) is 17.7. The van der Waals surface area contributed by atoms with E-state index in [0.717, 1.165) is 34.6 Å². The molecule has 0 saturated heterocycles. The van der Waals surface area contributed by atoms with Gasteiger partial charge >= 0.3 is 0 Å². The van der Waals surface area contributed by atoms with Crippen molar-refractivity contribution < 1.29 is 4.79 Å². The number of aromatic nitrogens is 3. The molecule has 130 valence electrons. The molecule has 3 aromatic rings. The number of rotatable bonds is 2. The van der Waals surface area contributed by atoms with Gasteiger partial charge in [-0.1, -0.05) is 35.9 Å². The molecule has 0 bridgehead atoms. The number of anilines is 1. The Labute approximate surface area is 155 Å². The van der Waals surface area contributed by atoms with Crippen molar-refractivity contribution in [2.24, 2.45) is 0 Å². The molecule has 2 aromatic heterocycles. The third kappa shape index (κ3) is 2.41. The van der Waals surface area contributed by atoms with Crippen molar-refractivity contribution in [3.63, 3.8) is 0 Å². The summed E-state index contributed by atoms with van der Waals surface area (Å²) in [4.78, 5) is 18.6. The molecule has 1 aliphatic heterocycles. The number of hydrogen-bond donors (Lipinski definition) is 1. The number of carbonyl (C=O) groups is 1. The van der Waals surface area contributed by atoms with Crippen LogP contribution < -0.4 is 5.32 Å². The number of allylic oxidation sites excluding steroid dienone is 2. The van der Waals surface area contributed by atoms with Crippen LogP contribution >= 0.6 is 11.3 Å². The topological polar surface area (TPSA) is 59.8 Å². The maximum absolute atomic E-state index is 12.7. The smallest absolute Gasteiger partial charge is 0.226 e. The van der Waals surface area contributed by atoms with Gasteiger partial charge < -0.3 is 5.32 Å². The van der Waals surface area contributed by atoms with E-state index in [4.69, 9.17) is 10.1 Å². The molecule has 0 radical (unpaired) electrons. The van der Waals surface area contributed by atoms with Crippen molar-refractivity contribution in [2.75, 3.05) is 5.32 Å². The lowest BCUT2D eigenvalue weighted by atomic mass is 9.88. The standard InChI is InChI=1S/C20H18N4OS/c1-12-7-9-13(10-8-12)19-22-20-21-14-4-2-5-15(25)17(14)18(24(20)23-19)16-6-3-11-26-16/h3,6-11,18H,2,4-5H2,1H3,(H,21,22,23). The van der Waals surface area contributed by atoms with E-state index in [0.29, 0.717) is 18.2 Å². The Morgan fingerprint density at radius 1 is 1.19 bits per heavy atom. The first-order valence-corrected chi connectivity index (χ1v) is 9.69. The lowest BCUT2D eigenvalue weighted by Crippen LogP contribution is -2.31. The molecule has 3 heterocycles. The minimum Gasteiger partial charge on any atom is -0.328 e. The van der Waals surface area contributed by atoms with Crippen molar-refractivity contribution in [1.82, 2.24) is 14.8 Å². The molecular formula is C20H18N4OS. The molecule has 0 amide bonds. The number of benzene rings is 1. The van der Waals surface area contributed by atoms with Gasteiger partial charge in [0.15, 0.2) is 11.6 Å². The van der Waals surface area contributed by atoms with Gasteiger partial charge in [-0.3, -0.25) is 4.79 Å². The normalized spacial score (nSPS) is 19.1. The van der Waals surface area contributed by atoms with Gasteiger partial charge in [-0.2, -0.15) is 4.98 Å². The number of fused-ring (bicyclic) bond motifs is 1. The van der Waals surface area contributed by atoms with Crippen LogP contribution in [0.25, 0.3) is 11.4 Å². The van der Waals surface area contributed by atoms with Gasteiger partial charge in [0.1, 0.15) is 6.04 Å². The molecule has 26 heavy (non-hydrogen) atoms. The molecule has 1 N–H and O–H groups in total. The number of carbonyl (C=O) groups excluding carboxylic acids is 1. The fraction of sp³-hybridized carbons (Fsp3) is 0.250. The zero-order valence-electron chi connectivity index (χ0n) is 14.4. The molecule has 1 aromatic carbocycles. The van der Waals surface area contributed by atoms with Crippen LogP contribution in [0.3, 0.4) is 0 Å². The fourth-order valence-electron chi connectivity index (χ4n) is 3.69. The van der Waals surface area contributed by atoms with Crippen LogP contribution in [0.5, 0.6) is 0 Å². The average Bonchev–Trinajstić information content (AvgIpc) is 3.30. The van der Waals surface area contributed by atoms with E-state index in [1.807, 2.05) is 28.3 Å². The first-order chi connectivity index (χ1) is 12.7. The first-order valence-electron chi connectivity index (χ1n) is 8.81. The van der Waals surface area contributed by atoms with Crippen molar-refractivity contribution in [2.45, 2.75) is 32.2 Å². The molecule has 6 heteroatoms. The number of thiophene rings is 1. The van der Waals surface area contributed by atoms with Gasteiger partial charge in [-0.05, 0) is 31.2 Å². The minimum absolute atomic E-state index is 0.180. The van der Waals surface area contributed by atoms with Crippen LogP contribution in [-0.2, 0) is 4.79 Å². The molecule has 0 spiro atoms. The molecule has 2 aliphatic rings. The summed E-state index contributed by atoms with van der Waals surface area (Å²) < 4.78 is 1.88. The molecule has 0 fully saturated rings. The van der Waals surface area contributed by atoms with E-state index in [1.54, 1.807) is 11.3 Å². The van der Waals surface area contributed by atoms with Gasteiger partial charge in [0, 0.05) is 28.1 Å². The maximum Gasteiger partial charge on any atom is 0.226 e. The summed E-state index contributed by atoms with van der Waals surface area (Å²) in [5.74, 6) is 1.61. The predicted octanol–water partition coefficient (Wildman–Crippen LogP) is 4.34. The number of ketones is 1. The van der Waals surface area contributed by atoms with Gasteiger partial charge in [0.05, 0.1) is 0 Å². The van der Waals surface area contributed by atoms with Crippen LogP contribution in [0, 0.1) is 6.92 Å². The van der Waals surface area contributed by atoms with E-state index in [9.17, 15) is 4.79 Å². The number of nitrogens with zero attached hydrogens (tertiary/aromatic N) is 3. The Kier molecular flexibility index (Phi) is 3.53. The minimum atomic E-state index is -0.180. The second kappa shape index (κ2) is 5.92. The monoisotopic (exact) mass is 362 g/mol. The van der Waals surface area contributed by atoms with Crippen LogP contribution in [0.1, 0.15) is 35.7 Å². The summed E-state index contributed by atoms with van der Waals surface area (Å²) in [7, 11) is 0. The van der Waals surface area contributed by atoms with Crippen LogP contribution in [0.2, 0.25) is 0 Å². The van der Waals surface area contributed by atoms with E-state index in [2.05, 4.69) is 30.4 Å². The van der Waals surface area contributed by atoms with Gasteiger partial charge in [0.2, 0.25) is 5.95 Å². The molecule has 0 saturated carbocycles. The summed E-state index contributed by atoms with van der Waals surface area (Å²) in [6, 6.07) is 12.1. The summed E-state index contributed by atoms with van der Waals surface area (Å²) in [6.45, 7) is 2.06. The van der Waals surface area contributed by atoms with Gasteiger partial charge in [0.25, 0.3) is 0 Å². The Morgan fingerprint density at radius 2 is 2.04 bits per heavy atom. The summed E-state index contributed by atoms with van der Waals surface area (Å²) >= 11 is 1.66. The molecule has 5 rings (SSSR count). The largest absolute Gasteiger partial charge is 0.328 e. The molecule has 1 unspecified atom stereocenters. The highest BCUT2D eigenvalue weighted by molar-refractivity contribution is 7.10. The zero-order valence-corrected chi connectivity index (χ0v) is 15.2. The van der Waals surface area contributed by atoms with Crippen LogP contribution in [0.4, 0.5) is 5.95 Å². The quantitative estimate of drug-likeness (QED) is 0.737. The lowest BCUT2D eigenvalue weighted by molar-refractivity contribution is -0.116. The SMILES string of the molecule is Cc1ccc(-c2nc3n(n2)C(c2cccs2)C2=C(CCCC2=O)N3)cc1. The number of hydrogen-bond acceptors (Lipinski definition) is 5. The Morgan fingerprint density at radius 3 is 2.81 bits per heavy atom. The van der Waals surface area contributed by atoms with Crippen LogP contribution in [0.15, 0.2) is 53.0 Å². The third-order valence-electron chi connectivity index (χ3n) is 4.99. The second-order valence-electron chi connectivity index (χ2n) is 6.78. The third-order valence-corrected chi connectivity index (χ3v) is 5.92. The van der Waals surface area contributed by atoms with Crippen molar-refractivity contribution in [3.8, 4) is 11.4 Å². The number of nitrogens with one attached hydrogen (secondary N) is 1. The van der Waals surface area contributed by atoms with Gasteiger partial charge in [-0.15, -0.1) is 16.4 Å². The lowest BCUT2D eigenvalue weighted by Gasteiger charge is -2.31. The Bertz CT molecular complexity index is 1010. The highest BCUT2D eigenvalue weighted by Gasteiger charge is 2.37. The molecule has 1 aliphatic carbocycles. The summed E-state index contributed by atoms with van der Waals surface area (Å²) in [5.41, 5.74) is 4.05. The van der Waals surface area contributed by atoms with E-state index in [-0.39, 0.29) is 11.8 Å². The number of Topliss-reactive ketones (excluding diaryl/α,β-unsaturated/α-hetero) is 1. The van der Waals surface area contributed by atoms with E-state index >= 15 is 0 Å². The van der Waals surface area contributed by atoms with Crippen molar-refractivity contribution in [1.29, 1.82) is 0 Å². The van der Waals surface area contributed by atoms with E-state index < -0.39 is 0 Å². The summed E-state index contributed by atoms with van der Waals surface area (Å²) in [5, 5.41) is 10.2. The van der Waals surface area contributed by atoms with Crippen LogP contribution in [-0.4, -0.2) is 20.5 Å². The fourth-order valence-corrected chi connectivity index (χ4v) is 4.51. The second-order valence-corrected chi connectivity index (χ2v) is 7.76.